The molecule has 0 bridgehead atoms. The molecule has 0 aliphatic carbocycles. The minimum absolute atomic E-state index is 0.0440. The maximum atomic E-state index is 12.9. The molecule has 1 unspecified atom stereocenters. The number of para-hydroxylation sites is 2. The average molecular weight is 422 g/mol. The molecule has 1 atom stereocenters. The number of carbonyl (C=O) groups excluding carboxylic acids is 1. The van der Waals surface area contributed by atoms with Gasteiger partial charge in [0.25, 0.3) is 11.8 Å². The zero-order valence-electron chi connectivity index (χ0n) is 17.4. The molecule has 0 spiro atoms. The molecule has 1 aliphatic rings. The Hall–Kier alpha value is -3.23. The van der Waals surface area contributed by atoms with Gasteiger partial charge in [0.2, 0.25) is 5.69 Å². The zero-order valence-corrected chi connectivity index (χ0v) is 17.4. The average Bonchev–Trinajstić information content (AvgIpc) is 3.24. The van der Waals surface area contributed by atoms with Gasteiger partial charge in [0, 0.05) is 12.2 Å². The smallest absolute Gasteiger partial charge is 0.281 e. The highest BCUT2D eigenvalue weighted by atomic mass is 16.5. The number of aliphatic hydroxyl groups is 1. The Morgan fingerprint density at radius 1 is 1.03 bits per heavy atom. The molecule has 0 radical (unpaired) electrons. The molecular formula is C23H27N5O3. The van der Waals surface area contributed by atoms with Gasteiger partial charge in [-0.3, -0.25) is 4.79 Å². The van der Waals surface area contributed by atoms with Crippen LogP contribution < -0.4 is 10.1 Å². The normalized spacial score (nSPS) is 15.4. The van der Waals surface area contributed by atoms with E-state index in [2.05, 4.69) is 20.5 Å². The summed E-state index contributed by atoms with van der Waals surface area (Å²) in [7, 11) is 0. The van der Waals surface area contributed by atoms with Crippen molar-refractivity contribution in [2.75, 3.05) is 31.6 Å². The Morgan fingerprint density at radius 2 is 1.71 bits per heavy atom. The summed E-state index contributed by atoms with van der Waals surface area (Å²) in [5, 5.41) is 21.5. The lowest BCUT2D eigenvalue weighted by molar-refractivity contribution is 0.0588. The summed E-state index contributed by atoms with van der Waals surface area (Å²) in [5.74, 6) is -0.216. The number of β-amino-alcohol motifs (C(OH)–C–C–N with tert-alkyl or cyclic N) is 1. The van der Waals surface area contributed by atoms with Gasteiger partial charge in [0.1, 0.15) is 12.7 Å². The maximum absolute atomic E-state index is 12.9. The molecule has 2 N–H and O–H groups in total. The number of benzene rings is 2. The van der Waals surface area contributed by atoms with Crippen LogP contribution in [0, 0.1) is 0 Å². The fourth-order valence-electron chi connectivity index (χ4n) is 3.66. The SMILES string of the molecule is O=C(Nc1ccccc1)c1nnn(-c2ccccc2)c1OCC(O)CN1CCCCC1. The number of hydrogen-bond acceptors (Lipinski definition) is 6. The molecular weight excluding hydrogens is 394 g/mol. The van der Waals surface area contributed by atoms with E-state index in [0.717, 1.165) is 25.9 Å². The predicted molar refractivity (Wildman–Crippen MR) is 118 cm³/mol. The van der Waals surface area contributed by atoms with Crippen LogP contribution in [-0.4, -0.2) is 63.3 Å². The van der Waals surface area contributed by atoms with Gasteiger partial charge in [-0.05, 0) is 50.2 Å². The summed E-state index contributed by atoms with van der Waals surface area (Å²) in [6.07, 6.45) is 2.87. The Labute approximate surface area is 181 Å². The molecule has 8 heteroatoms. The van der Waals surface area contributed by atoms with Crippen LogP contribution >= 0.6 is 0 Å². The highest BCUT2D eigenvalue weighted by Crippen LogP contribution is 2.22. The van der Waals surface area contributed by atoms with Crippen molar-refractivity contribution >= 4 is 11.6 Å². The molecule has 3 aromatic rings. The first-order valence-corrected chi connectivity index (χ1v) is 10.6. The third kappa shape index (κ3) is 5.48. The van der Waals surface area contributed by atoms with E-state index >= 15 is 0 Å². The van der Waals surface area contributed by atoms with Crippen LogP contribution in [0.1, 0.15) is 29.8 Å². The van der Waals surface area contributed by atoms with E-state index in [9.17, 15) is 9.90 Å². The van der Waals surface area contributed by atoms with Gasteiger partial charge in [-0.2, -0.15) is 4.68 Å². The van der Waals surface area contributed by atoms with Crippen molar-refractivity contribution in [1.82, 2.24) is 19.9 Å². The van der Waals surface area contributed by atoms with Crippen molar-refractivity contribution in [2.24, 2.45) is 0 Å². The van der Waals surface area contributed by atoms with Crippen molar-refractivity contribution in [3.63, 3.8) is 0 Å². The molecule has 2 heterocycles. The molecule has 0 saturated carbocycles. The van der Waals surface area contributed by atoms with E-state index in [-0.39, 0.29) is 18.2 Å². The molecule has 2 aromatic carbocycles. The van der Waals surface area contributed by atoms with Crippen LogP contribution in [0.2, 0.25) is 0 Å². The lowest BCUT2D eigenvalue weighted by atomic mass is 10.1. The van der Waals surface area contributed by atoms with E-state index in [1.54, 1.807) is 12.1 Å². The van der Waals surface area contributed by atoms with Crippen LogP contribution in [0.4, 0.5) is 5.69 Å². The number of nitrogens with one attached hydrogen (secondary N) is 1. The number of nitrogens with zero attached hydrogens (tertiary/aromatic N) is 4. The van der Waals surface area contributed by atoms with Crippen molar-refractivity contribution < 1.29 is 14.6 Å². The van der Waals surface area contributed by atoms with Crippen LogP contribution in [0.3, 0.4) is 0 Å². The highest BCUT2D eigenvalue weighted by molar-refractivity contribution is 6.04. The fourth-order valence-corrected chi connectivity index (χ4v) is 3.66. The van der Waals surface area contributed by atoms with Gasteiger partial charge in [-0.1, -0.05) is 48.0 Å². The number of amides is 1. The number of hydrogen-bond donors (Lipinski definition) is 2. The first kappa shape index (κ1) is 21.0. The van der Waals surface area contributed by atoms with Crippen molar-refractivity contribution in [3.05, 3.63) is 66.4 Å². The molecule has 8 nitrogen and oxygen atoms in total. The summed E-state index contributed by atoms with van der Waals surface area (Å²) >= 11 is 0. The number of aromatic nitrogens is 3. The van der Waals surface area contributed by atoms with E-state index in [4.69, 9.17) is 4.74 Å². The number of carbonyl (C=O) groups is 1. The fraction of sp³-hybridized carbons (Fsp3) is 0.348. The van der Waals surface area contributed by atoms with Gasteiger partial charge in [-0.15, -0.1) is 5.10 Å². The summed E-state index contributed by atoms with van der Waals surface area (Å²) in [4.78, 5) is 15.1. The van der Waals surface area contributed by atoms with Gasteiger partial charge in [0.15, 0.2) is 0 Å². The lowest BCUT2D eigenvalue weighted by Crippen LogP contribution is -2.38. The summed E-state index contributed by atoms with van der Waals surface area (Å²) in [5.41, 5.74) is 1.44. The summed E-state index contributed by atoms with van der Waals surface area (Å²) in [6, 6.07) is 18.5. The quantitative estimate of drug-likeness (QED) is 0.581. The standard InChI is InChI=1S/C23H27N5O3/c29-20(16-27-14-8-3-9-15-27)17-31-23-21(22(30)24-18-10-4-1-5-11-18)25-26-28(23)19-12-6-2-7-13-19/h1-2,4-7,10-13,20,29H,3,8-9,14-17H2,(H,24,30). The van der Waals surface area contributed by atoms with Crippen LogP contribution in [0.5, 0.6) is 5.88 Å². The zero-order chi connectivity index (χ0) is 21.5. The van der Waals surface area contributed by atoms with Crippen LogP contribution in [-0.2, 0) is 0 Å². The number of likely N-dealkylation sites (tertiary alicyclic amines) is 1. The minimum Gasteiger partial charge on any atom is -0.473 e. The van der Waals surface area contributed by atoms with Crippen LogP contribution in [0.25, 0.3) is 5.69 Å². The van der Waals surface area contributed by atoms with E-state index in [1.807, 2.05) is 48.5 Å². The van der Waals surface area contributed by atoms with Gasteiger partial charge in [0.05, 0.1) is 5.69 Å². The number of anilines is 1. The topological polar surface area (TPSA) is 92.5 Å². The molecule has 4 rings (SSSR count). The van der Waals surface area contributed by atoms with E-state index in [0.29, 0.717) is 17.9 Å². The monoisotopic (exact) mass is 421 g/mol. The second kappa shape index (κ2) is 10.2. The molecule has 1 fully saturated rings. The first-order valence-electron chi connectivity index (χ1n) is 10.6. The second-order valence-electron chi connectivity index (χ2n) is 7.64. The molecule has 162 valence electrons. The van der Waals surface area contributed by atoms with Crippen molar-refractivity contribution in [1.29, 1.82) is 0 Å². The predicted octanol–water partition coefficient (Wildman–Crippen LogP) is 2.75. The Bertz CT molecular complexity index is 971. The Balaban J connectivity index is 1.51. The van der Waals surface area contributed by atoms with Crippen molar-refractivity contribution in [3.8, 4) is 11.6 Å². The van der Waals surface area contributed by atoms with Gasteiger partial charge >= 0.3 is 0 Å². The molecule has 1 aliphatic heterocycles. The molecule has 1 amide bonds. The maximum Gasteiger partial charge on any atom is 0.281 e. The van der Waals surface area contributed by atoms with Gasteiger partial charge in [-0.25, -0.2) is 0 Å². The third-order valence-corrected chi connectivity index (χ3v) is 5.21. The van der Waals surface area contributed by atoms with E-state index < -0.39 is 12.0 Å². The number of aliphatic hydroxyl groups excluding tert-OH is 1. The minimum atomic E-state index is -0.678. The largest absolute Gasteiger partial charge is 0.473 e. The highest BCUT2D eigenvalue weighted by Gasteiger charge is 2.24. The number of ether oxygens (including phenoxy) is 1. The second-order valence-corrected chi connectivity index (χ2v) is 7.64. The van der Waals surface area contributed by atoms with Crippen LogP contribution in [0.15, 0.2) is 60.7 Å². The number of piperidine rings is 1. The molecule has 31 heavy (non-hydrogen) atoms. The van der Waals surface area contributed by atoms with Gasteiger partial charge < -0.3 is 20.1 Å². The molecule has 1 aromatic heterocycles. The Kier molecular flexibility index (Phi) is 6.91. The lowest BCUT2D eigenvalue weighted by Gasteiger charge is -2.28. The van der Waals surface area contributed by atoms with E-state index in [1.165, 1.54) is 11.1 Å². The summed E-state index contributed by atoms with van der Waals surface area (Å²) in [6.45, 7) is 2.57. The third-order valence-electron chi connectivity index (χ3n) is 5.21. The number of rotatable bonds is 8. The molecule has 1 saturated heterocycles. The van der Waals surface area contributed by atoms with Crippen molar-refractivity contribution in [2.45, 2.75) is 25.4 Å². The summed E-state index contributed by atoms with van der Waals surface area (Å²) < 4.78 is 7.41. The first-order chi connectivity index (χ1) is 15.2. The Morgan fingerprint density at radius 3 is 2.42 bits per heavy atom.